The average Bonchev–Trinajstić information content (AvgIpc) is 3.08. The summed E-state index contributed by atoms with van der Waals surface area (Å²) >= 11 is 47.9. The van der Waals surface area contributed by atoms with Crippen molar-refractivity contribution in [1.29, 1.82) is 0 Å². The number of benzene rings is 6. The van der Waals surface area contributed by atoms with Crippen LogP contribution in [0.4, 0.5) is 0 Å². The fraction of sp³-hybridized carbons (Fsp3) is 0.0526. The summed E-state index contributed by atoms with van der Waals surface area (Å²) in [4.78, 5) is 0. The van der Waals surface area contributed by atoms with Crippen LogP contribution in [0.15, 0.2) is 133 Å². The van der Waals surface area contributed by atoms with Gasteiger partial charge < -0.3 is 20.4 Å². The Morgan fingerprint density at radius 1 is 0.293 bits per heavy atom. The summed E-state index contributed by atoms with van der Waals surface area (Å²) in [6.07, 6.45) is 0. The molecule has 0 radical (unpaired) electrons. The molecule has 7 rings (SSSR count). The van der Waals surface area contributed by atoms with E-state index in [0.717, 1.165) is 5.56 Å². The maximum atomic E-state index is 6.13. The molecule has 20 heteroatoms. The van der Waals surface area contributed by atoms with E-state index < -0.39 is 0 Å². The molecule has 0 atom stereocenters. The standard InChI is InChI=1S/C12H4Cl4O2.C12H6Cl4.2C6H6.2CH4.8ClH.2H2O/c13-5-1-9-10(2-6(5)14)18-12-4-8(16)7(15)3-11(12)17-9;13-8-6-9(14)12(16)10(11(8)15)7-4-2-1-3-5-7;2*1-2-4-6-5-3-1;;;;;;;;;;;;/h1-4H;1-6H;2*1-6H;2*1H4;8*1H;2*1H2. The average molecular weight is 1130 g/mol. The molecule has 1 aliphatic heterocycles. The van der Waals surface area contributed by atoms with Gasteiger partial charge in [0.15, 0.2) is 23.0 Å². The number of ether oxygens (including phenoxy) is 2. The van der Waals surface area contributed by atoms with E-state index in [1.54, 1.807) is 30.3 Å². The monoisotopic (exact) mass is 1120 g/mol. The first-order chi connectivity index (χ1) is 22.2. The van der Waals surface area contributed by atoms with Crippen LogP contribution in [0.1, 0.15) is 14.9 Å². The van der Waals surface area contributed by atoms with Crippen molar-refractivity contribution in [1.82, 2.24) is 0 Å². The lowest BCUT2D eigenvalue weighted by Gasteiger charge is -2.21. The second-order valence-corrected chi connectivity index (χ2v) is 12.3. The van der Waals surface area contributed by atoms with Gasteiger partial charge in [-0.3, -0.25) is 0 Å². The zero-order valence-corrected chi connectivity index (χ0v) is 40.4. The van der Waals surface area contributed by atoms with Gasteiger partial charge in [0.05, 0.1) is 40.2 Å². The van der Waals surface area contributed by atoms with E-state index in [0.29, 0.717) is 68.7 Å². The van der Waals surface area contributed by atoms with Crippen molar-refractivity contribution in [3.8, 4) is 34.1 Å². The molecule has 4 nitrogen and oxygen atoms in total. The summed E-state index contributed by atoms with van der Waals surface area (Å²) in [5.41, 5.74) is 1.56. The molecule has 0 saturated heterocycles. The van der Waals surface area contributed by atoms with Crippen molar-refractivity contribution < 1.29 is 20.4 Å². The van der Waals surface area contributed by atoms with Gasteiger partial charge in [-0.05, 0) is 11.6 Å². The van der Waals surface area contributed by atoms with Gasteiger partial charge in [0.2, 0.25) is 0 Å². The van der Waals surface area contributed by atoms with Crippen LogP contribution in [0.2, 0.25) is 40.2 Å². The van der Waals surface area contributed by atoms with E-state index in [9.17, 15) is 0 Å². The van der Waals surface area contributed by atoms with E-state index in [1.165, 1.54) is 0 Å². The molecule has 6 aromatic rings. The Labute approximate surface area is 430 Å². The number of hydrogen-bond donors (Lipinski definition) is 0. The summed E-state index contributed by atoms with van der Waals surface area (Å²) in [5, 5.41) is 3.20. The summed E-state index contributed by atoms with van der Waals surface area (Å²) in [6, 6.07) is 41.4. The molecule has 0 aliphatic carbocycles. The van der Waals surface area contributed by atoms with Crippen LogP contribution in [-0.4, -0.2) is 11.0 Å². The quantitative estimate of drug-likeness (QED) is 0.154. The molecule has 0 unspecified atom stereocenters. The molecule has 58 heavy (non-hydrogen) atoms. The van der Waals surface area contributed by atoms with Crippen LogP contribution >= 0.6 is 192 Å². The summed E-state index contributed by atoms with van der Waals surface area (Å²) < 4.78 is 11.3. The lowest BCUT2D eigenvalue weighted by molar-refractivity contribution is 0.359. The first kappa shape index (κ1) is 78.0. The SMILES string of the molecule is C.C.Cl.Cl.Cl.Cl.Cl.Cl.Cl.Cl.Clc1cc(Cl)c(Cl)c(-c2ccccc2)c1Cl.Clc1cc2c(cc1Cl)Oc1cc(Cl)c(Cl)cc1O2.O.O.c1ccccc1.c1ccccc1. The highest BCUT2D eigenvalue weighted by Crippen LogP contribution is 2.50. The van der Waals surface area contributed by atoms with Crippen molar-refractivity contribution in [2.24, 2.45) is 0 Å². The Morgan fingerprint density at radius 2 is 0.500 bits per heavy atom. The predicted molar refractivity (Wildman–Crippen MR) is 277 cm³/mol. The number of halogens is 16. The lowest BCUT2D eigenvalue weighted by atomic mass is 10.1. The van der Waals surface area contributed by atoms with Crippen molar-refractivity contribution in [3.63, 3.8) is 0 Å². The van der Waals surface area contributed by atoms with Crippen LogP contribution in [0, 0.1) is 0 Å². The zero-order valence-electron chi connectivity index (χ0n) is 27.8. The molecule has 1 aliphatic rings. The summed E-state index contributed by atoms with van der Waals surface area (Å²) in [6.45, 7) is 0. The first-order valence-corrected chi connectivity index (χ1v) is 16.4. The third kappa shape index (κ3) is 23.6. The zero-order chi connectivity index (χ0) is 33.1. The Balaban J connectivity index is -0.0000000795. The van der Waals surface area contributed by atoms with Gasteiger partial charge in [0.25, 0.3) is 0 Å². The number of hydrogen-bond acceptors (Lipinski definition) is 2. The van der Waals surface area contributed by atoms with E-state index in [1.807, 2.05) is 103 Å². The van der Waals surface area contributed by atoms with Gasteiger partial charge in [-0.1, -0.05) is 211 Å². The second-order valence-electron chi connectivity index (χ2n) is 9.15. The molecule has 0 bridgehead atoms. The fourth-order valence-electron chi connectivity index (χ4n) is 3.78. The van der Waals surface area contributed by atoms with Crippen molar-refractivity contribution in [3.05, 3.63) is 174 Å². The van der Waals surface area contributed by atoms with Crippen molar-refractivity contribution in [2.75, 3.05) is 0 Å². The second kappa shape index (κ2) is 40.5. The number of rotatable bonds is 1. The van der Waals surface area contributed by atoms with Crippen LogP contribution in [-0.2, 0) is 0 Å². The molecule has 0 amide bonds. The Morgan fingerprint density at radius 3 is 0.724 bits per heavy atom. The lowest BCUT2D eigenvalue weighted by Crippen LogP contribution is -1.99. The van der Waals surface area contributed by atoms with E-state index in [2.05, 4.69) is 0 Å². The van der Waals surface area contributed by atoms with Gasteiger partial charge in [0.1, 0.15) is 0 Å². The van der Waals surface area contributed by atoms with E-state index in [-0.39, 0.29) is 125 Å². The summed E-state index contributed by atoms with van der Waals surface area (Å²) in [5.74, 6) is 1.93. The third-order valence-corrected chi connectivity index (χ3v) is 8.94. The molecule has 0 spiro atoms. The Hall–Kier alpha value is -0.520. The van der Waals surface area contributed by atoms with Crippen molar-refractivity contribution in [2.45, 2.75) is 14.9 Å². The van der Waals surface area contributed by atoms with Gasteiger partial charge in [-0.2, -0.15) is 0 Å². The topological polar surface area (TPSA) is 81.5 Å². The maximum absolute atomic E-state index is 6.13. The first-order valence-electron chi connectivity index (χ1n) is 13.4. The minimum atomic E-state index is 0. The molecule has 0 fully saturated rings. The predicted octanol–water partition coefficient (Wildman–Crippen LogP) is 18.5. The maximum Gasteiger partial charge on any atom is 0.171 e. The molecule has 4 N–H and O–H groups in total. The molecular formula is C38H42Cl16O4. The van der Waals surface area contributed by atoms with Crippen LogP contribution in [0.5, 0.6) is 23.0 Å². The fourth-order valence-corrected chi connectivity index (χ4v) is 5.42. The van der Waals surface area contributed by atoms with Gasteiger partial charge in [0, 0.05) is 29.8 Å². The largest absolute Gasteiger partial charge is 0.449 e. The normalized spacial score (nSPS) is 8.34. The molecule has 6 aromatic carbocycles. The van der Waals surface area contributed by atoms with Crippen LogP contribution < -0.4 is 9.47 Å². The minimum absolute atomic E-state index is 0. The Bertz CT molecular complexity index is 1670. The molecular weight excluding hydrogens is 1090 g/mol. The third-order valence-electron chi connectivity index (χ3n) is 5.92. The van der Waals surface area contributed by atoms with Gasteiger partial charge in [-0.25, -0.2) is 0 Å². The highest BCUT2D eigenvalue weighted by Gasteiger charge is 2.22. The minimum Gasteiger partial charge on any atom is -0.449 e. The van der Waals surface area contributed by atoms with Gasteiger partial charge >= 0.3 is 0 Å². The number of fused-ring (bicyclic) bond motifs is 2. The molecule has 0 aromatic heterocycles. The van der Waals surface area contributed by atoms with Crippen LogP contribution in [0.25, 0.3) is 11.1 Å². The smallest absolute Gasteiger partial charge is 0.171 e. The van der Waals surface area contributed by atoms with Gasteiger partial charge in [-0.15, -0.1) is 99.3 Å². The van der Waals surface area contributed by atoms with E-state index >= 15 is 0 Å². The van der Waals surface area contributed by atoms with E-state index in [4.69, 9.17) is 102 Å². The molecule has 0 saturated carbocycles. The highest BCUT2D eigenvalue weighted by atomic mass is 35.5. The van der Waals surface area contributed by atoms with Crippen molar-refractivity contribution >= 4 is 192 Å². The highest BCUT2D eigenvalue weighted by molar-refractivity contribution is 6.50. The Kier molecular flexibility index (Phi) is 54.5. The van der Waals surface area contributed by atoms with Crippen LogP contribution in [0.3, 0.4) is 0 Å². The molecule has 330 valence electrons. The summed E-state index contributed by atoms with van der Waals surface area (Å²) in [7, 11) is 0. The molecule has 1 heterocycles.